The number of morpholine rings is 1. The molecule has 14 heavy (non-hydrogen) atoms. The van der Waals surface area contributed by atoms with Gasteiger partial charge in [-0.05, 0) is 20.9 Å². The molecule has 0 spiro atoms. The van der Waals surface area contributed by atoms with E-state index in [0.29, 0.717) is 12.0 Å². The number of rotatable bonds is 4. The topological polar surface area (TPSA) is 24.5 Å². The number of hydrogen-bond donors (Lipinski definition) is 1. The Kier molecular flexibility index (Phi) is 4.64. The number of likely N-dealkylation sites (N-methyl/N-ethyl adjacent to an activating group) is 1. The van der Waals surface area contributed by atoms with Crippen molar-refractivity contribution in [1.29, 1.82) is 0 Å². The highest BCUT2D eigenvalue weighted by molar-refractivity contribution is 6.18. The molecule has 1 unspecified atom stereocenters. The highest BCUT2D eigenvalue weighted by Crippen LogP contribution is 2.07. The van der Waals surface area contributed by atoms with Gasteiger partial charge in [0.25, 0.3) is 0 Å². The Bertz CT molecular complexity index is 176. The fourth-order valence-corrected chi connectivity index (χ4v) is 1.52. The van der Waals surface area contributed by atoms with Crippen molar-refractivity contribution >= 4 is 11.6 Å². The van der Waals surface area contributed by atoms with Gasteiger partial charge in [-0.3, -0.25) is 0 Å². The third-order valence-corrected chi connectivity index (χ3v) is 3.15. The first kappa shape index (κ1) is 12.2. The van der Waals surface area contributed by atoms with Crippen molar-refractivity contribution < 1.29 is 4.74 Å². The molecule has 84 valence electrons. The maximum atomic E-state index is 5.83. The summed E-state index contributed by atoms with van der Waals surface area (Å²) in [5.41, 5.74) is 0.000927. The molecule has 1 heterocycles. The molecule has 0 aromatic rings. The lowest BCUT2D eigenvalue weighted by molar-refractivity contribution is -0.0205. The van der Waals surface area contributed by atoms with E-state index in [4.69, 9.17) is 16.3 Å². The van der Waals surface area contributed by atoms with E-state index in [1.807, 2.05) is 0 Å². The van der Waals surface area contributed by atoms with Crippen molar-refractivity contribution in [3.8, 4) is 0 Å². The van der Waals surface area contributed by atoms with Gasteiger partial charge in [0.15, 0.2) is 0 Å². The molecule has 0 radical (unpaired) electrons. The minimum atomic E-state index is 0.000927. The van der Waals surface area contributed by atoms with Crippen LogP contribution in [0.15, 0.2) is 0 Å². The highest BCUT2D eigenvalue weighted by atomic mass is 35.5. The van der Waals surface area contributed by atoms with Gasteiger partial charge >= 0.3 is 0 Å². The van der Waals surface area contributed by atoms with Gasteiger partial charge in [0.2, 0.25) is 0 Å². The lowest BCUT2D eigenvalue weighted by atomic mass is 10.1. The molecule has 3 nitrogen and oxygen atoms in total. The second kappa shape index (κ2) is 5.31. The van der Waals surface area contributed by atoms with E-state index in [1.165, 1.54) is 0 Å². The van der Waals surface area contributed by atoms with E-state index < -0.39 is 0 Å². The lowest BCUT2D eigenvalue weighted by Crippen LogP contribution is -2.50. The van der Waals surface area contributed by atoms with Crippen LogP contribution in [0.4, 0.5) is 0 Å². The van der Waals surface area contributed by atoms with Crippen LogP contribution in [-0.2, 0) is 4.74 Å². The van der Waals surface area contributed by atoms with Gasteiger partial charge in [-0.2, -0.15) is 0 Å². The van der Waals surface area contributed by atoms with Crippen LogP contribution < -0.4 is 5.32 Å². The molecule has 0 amide bonds. The zero-order valence-electron chi connectivity index (χ0n) is 9.35. The fourth-order valence-electron chi connectivity index (χ4n) is 1.43. The summed E-state index contributed by atoms with van der Waals surface area (Å²) in [6.07, 6.45) is 0.302. The number of halogens is 1. The summed E-state index contributed by atoms with van der Waals surface area (Å²) in [6.45, 7) is 7.97. The van der Waals surface area contributed by atoms with Gasteiger partial charge in [-0.15, -0.1) is 11.6 Å². The predicted octanol–water partition coefficient (Wildman–Crippen LogP) is 0.924. The maximum Gasteiger partial charge on any atom is 0.0826 e. The van der Waals surface area contributed by atoms with Crippen molar-refractivity contribution in [2.24, 2.45) is 0 Å². The lowest BCUT2D eigenvalue weighted by Gasteiger charge is -2.33. The molecule has 1 atom stereocenters. The summed E-state index contributed by atoms with van der Waals surface area (Å²) in [5.74, 6) is 0.621. The molecule has 1 fully saturated rings. The van der Waals surface area contributed by atoms with Crippen LogP contribution in [0.1, 0.15) is 13.8 Å². The van der Waals surface area contributed by atoms with Crippen molar-refractivity contribution in [3.63, 3.8) is 0 Å². The van der Waals surface area contributed by atoms with E-state index in [1.54, 1.807) is 0 Å². The molecule has 0 bridgehead atoms. The Balaban J connectivity index is 2.23. The summed E-state index contributed by atoms with van der Waals surface area (Å²) < 4.78 is 5.64. The van der Waals surface area contributed by atoms with Crippen LogP contribution in [-0.4, -0.2) is 55.7 Å². The molecular weight excluding hydrogens is 200 g/mol. The standard InChI is InChI=1S/C10H21ClN2O/c1-10(2,8-11)12-6-9-7-13(3)4-5-14-9/h9,12H,4-8H2,1-3H3. The Morgan fingerprint density at radius 2 is 2.29 bits per heavy atom. The number of alkyl halides is 1. The van der Waals surface area contributed by atoms with Crippen molar-refractivity contribution in [1.82, 2.24) is 10.2 Å². The molecule has 0 aliphatic carbocycles. The average Bonchev–Trinajstić information content (AvgIpc) is 2.15. The largest absolute Gasteiger partial charge is 0.374 e. The normalized spacial score (nSPS) is 25.3. The molecule has 1 aliphatic heterocycles. The molecule has 1 saturated heterocycles. The predicted molar refractivity (Wildman–Crippen MR) is 60.0 cm³/mol. The summed E-state index contributed by atoms with van der Waals surface area (Å²) in [6, 6.07) is 0. The zero-order valence-corrected chi connectivity index (χ0v) is 10.1. The zero-order chi connectivity index (χ0) is 10.6. The van der Waals surface area contributed by atoms with Crippen LogP contribution in [0.2, 0.25) is 0 Å². The maximum absolute atomic E-state index is 5.83. The molecule has 1 N–H and O–H groups in total. The van der Waals surface area contributed by atoms with Crippen LogP contribution in [0.25, 0.3) is 0 Å². The first-order chi connectivity index (χ1) is 6.53. The summed E-state index contributed by atoms with van der Waals surface area (Å²) in [5, 5.41) is 3.42. The minimum absolute atomic E-state index is 0.000927. The number of nitrogens with one attached hydrogen (secondary N) is 1. The Morgan fingerprint density at radius 3 is 2.86 bits per heavy atom. The Hall–Kier alpha value is 0.170. The molecule has 0 aromatic carbocycles. The van der Waals surface area contributed by atoms with Gasteiger partial charge < -0.3 is 15.0 Å². The van der Waals surface area contributed by atoms with E-state index in [9.17, 15) is 0 Å². The monoisotopic (exact) mass is 220 g/mol. The highest BCUT2D eigenvalue weighted by Gasteiger charge is 2.21. The number of hydrogen-bond acceptors (Lipinski definition) is 3. The van der Waals surface area contributed by atoms with E-state index >= 15 is 0 Å². The fraction of sp³-hybridized carbons (Fsp3) is 1.00. The van der Waals surface area contributed by atoms with Crippen molar-refractivity contribution in [2.75, 3.05) is 39.2 Å². The van der Waals surface area contributed by atoms with E-state index in [2.05, 4.69) is 31.1 Å². The second-order valence-electron chi connectivity index (χ2n) is 4.65. The Labute approximate surface area is 91.7 Å². The van der Waals surface area contributed by atoms with Gasteiger partial charge in [0.1, 0.15) is 0 Å². The first-order valence-electron chi connectivity index (χ1n) is 5.14. The van der Waals surface area contributed by atoms with Gasteiger partial charge in [-0.25, -0.2) is 0 Å². The summed E-state index contributed by atoms with van der Waals surface area (Å²) in [7, 11) is 2.13. The van der Waals surface area contributed by atoms with Gasteiger partial charge in [0.05, 0.1) is 12.7 Å². The molecule has 1 rings (SSSR count). The summed E-state index contributed by atoms with van der Waals surface area (Å²) >= 11 is 5.83. The van der Waals surface area contributed by atoms with E-state index in [0.717, 1.165) is 26.2 Å². The quantitative estimate of drug-likeness (QED) is 0.714. The molecule has 0 saturated carbocycles. The number of ether oxygens (including phenoxy) is 1. The SMILES string of the molecule is CN1CCOC(CNC(C)(C)CCl)C1. The number of nitrogens with zero attached hydrogens (tertiary/aromatic N) is 1. The first-order valence-corrected chi connectivity index (χ1v) is 5.68. The van der Waals surface area contributed by atoms with Crippen LogP contribution in [0, 0.1) is 0 Å². The van der Waals surface area contributed by atoms with Crippen molar-refractivity contribution in [3.05, 3.63) is 0 Å². The van der Waals surface area contributed by atoms with Crippen LogP contribution >= 0.6 is 11.6 Å². The molecular formula is C10H21ClN2O. The molecule has 4 heteroatoms. The average molecular weight is 221 g/mol. The van der Waals surface area contributed by atoms with Crippen LogP contribution in [0.5, 0.6) is 0 Å². The Morgan fingerprint density at radius 1 is 1.57 bits per heavy atom. The van der Waals surface area contributed by atoms with Gasteiger partial charge in [-0.1, -0.05) is 0 Å². The third kappa shape index (κ3) is 4.13. The van der Waals surface area contributed by atoms with E-state index in [-0.39, 0.29) is 5.54 Å². The third-order valence-electron chi connectivity index (χ3n) is 2.48. The molecule has 0 aromatic heterocycles. The summed E-state index contributed by atoms with van der Waals surface area (Å²) in [4.78, 5) is 2.30. The molecule has 1 aliphatic rings. The van der Waals surface area contributed by atoms with Crippen LogP contribution in [0.3, 0.4) is 0 Å². The van der Waals surface area contributed by atoms with Gasteiger partial charge in [0, 0.05) is 31.1 Å². The smallest absolute Gasteiger partial charge is 0.0826 e. The second-order valence-corrected chi connectivity index (χ2v) is 4.92. The van der Waals surface area contributed by atoms with Crippen molar-refractivity contribution in [2.45, 2.75) is 25.5 Å². The minimum Gasteiger partial charge on any atom is -0.374 e.